The van der Waals surface area contributed by atoms with Gasteiger partial charge in [-0.25, -0.2) is 4.98 Å². The second kappa shape index (κ2) is 9.36. The van der Waals surface area contributed by atoms with Crippen molar-refractivity contribution in [2.45, 2.75) is 25.9 Å². The quantitative estimate of drug-likeness (QED) is 0.580. The number of ether oxygens (including phenoxy) is 1. The van der Waals surface area contributed by atoms with Crippen LogP contribution in [0.15, 0.2) is 59.0 Å². The summed E-state index contributed by atoms with van der Waals surface area (Å²) in [4.78, 5) is 17.9. The molecule has 2 heterocycles. The van der Waals surface area contributed by atoms with Crippen molar-refractivity contribution in [3.8, 4) is 17.2 Å². The number of rotatable bonds is 8. The SMILES string of the molecule is Cc1oc(-c2ccccc2)nc1CCOc1ccc(CN2CSC[C@H]2C(=O)O)cc1. The minimum atomic E-state index is -0.751. The normalized spacial score (nSPS) is 16.6. The lowest BCUT2D eigenvalue weighted by molar-refractivity contribution is -0.141. The number of oxazole rings is 1. The lowest BCUT2D eigenvalue weighted by Crippen LogP contribution is -2.37. The Balaban J connectivity index is 1.30. The van der Waals surface area contributed by atoms with Crippen LogP contribution >= 0.6 is 11.8 Å². The van der Waals surface area contributed by atoms with Gasteiger partial charge in [0.2, 0.25) is 5.89 Å². The lowest BCUT2D eigenvalue weighted by Gasteiger charge is -2.20. The fourth-order valence-corrected chi connectivity index (χ4v) is 4.60. The molecule has 1 fully saturated rings. The van der Waals surface area contributed by atoms with E-state index in [1.165, 1.54) is 0 Å². The van der Waals surface area contributed by atoms with Gasteiger partial charge in [0.15, 0.2) is 0 Å². The van der Waals surface area contributed by atoms with Crippen LogP contribution in [0.3, 0.4) is 0 Å². The van der Waals surface area contributed by atoms with Crippen LogP contribution in [-0.2, 0) is 17.8 Å². The average molecular weight is 425 g/mol. The minimum absolute atomic E-state index is 0.405. The van der Waals surface area contributed by atoms with Gasteiger partial charge in [0.1, 0.15) is 17.6 Å². The van der Waals surface area contributed by atoms with E-state index in [4.69, 9.17) is 9.15 Å². The molecule has 1 saturated heterocycles. The maximum absolute atomic E-state index is 11.3. The summed E-state index contributed by atoms with van der Waals surface area (Å²) >= 11 is 1.66. The highest BCUT2D eigenvalue weighted by Crippen LogP contribution is 2.24. The summed E-state index contributed by atoms with van der Waals surface area (Å²) in [5, 5.41) is 9.30. The number of hydrogen-bond donors (Lipinski definition) is 1. The second-order valence-electron chi connectivity index (χ2n) is 7.23. The first-order valence-corrected chi connectivity index (χ1v) is 11.0. The highest BCUT2D eigenvalue weighted by molar-refractivity contribution is 7.99. The molecule has 6 nitrogen and oxygen atoms in total. The molecule has 3 aromatic rings. The van der Waals surface area contributed by atoms with E-state index in [9.17, 15) is 9.90 Å². The molecule has 7 heteroatoms. The number of aliphatic carboxylic acids is 1. The van der Waals surface area contributed by atoms with Gasteiger partial charge in [0, 0.05) is 30.2 Å². The number of thioether (sulfide) groups is 1. The number of carbonyl (C=O) groups is 1. The summed E-state index contributed by atoms with van der Waals surface area (Å²) in [6.45, 7) is 3.06. The molecule has 1 N–H and O–H groups in total. The van der Waals surface area contributed by atoms with Gasteiger partial charge < -0.3 is 14.3 Å². The zero-order chi connectivity index (χ0) is 20.9. The van der Waals surface area contributed by atoms with E-state index in [1.54, 1.807) is 11.8 Å². The molecule has 2 aromatic carbocycles. The first-order chi connectivity index (χ1) is 14.6. The Morgan fingerprint density at radius 3 is 2.73 bits per heavy atom. The Bertz CT molecular complexity index is 988. The molecule has 0 amide bonds. The summed E-state index contributed by atoms with van der Waals surface area (Å²) in [5.41, 5.74) is 2.94. The Morgan fingerprint density at radius 2 is 2.00 bits per heavy atom. The number of benzene rings is 2. The van der Waals surface area contributed by atoms with E-state index < -0.39 is 12.0 Å². The Labute approximate surface area is 179 Å². The largest absolute Gasteiger partial charge is 0.493 e. The van der Waals surface area contributed by atoms with Crippen molar-refractivity contribution in [3.63, 3.8) is 0 Å². The molecular weight excluding hydrogens is 400 g/mol. The fraction of sp³-hybridized carbons (Fsp3) is 0.304. The van der Waals surface area contributed by atoms with Crippen LogP contribution in [0.25, 0.3) is 11.5 Å². The molecule has 0 unspecified atom stereocenters. The first kappa shape index (κ1) is 20.5. The highest BCUT2D eigenvalue weighted by atomic mass is 32.2. The van der Waals surface area contributed by atoms with Gasteiger partial charge in [-0.05, 0) is 36.8 Å². The molecule has 0 spiro atoms. The molecule has 4 rings (SSSR count). The minimum Gasteiger partial charge on any atom is -0.493 e. The van der Waals surface area contributed by atoms with E-state index >= 15 is 0 Å². The predicted octanol–water partition coefficient (Wildman–Crippen LogP) is 4.23. The summed E-state index contributed by atoms with van der Waals surface area (Å²) in [6.07, 6.45) is 0.662. The zero-order valence-corrected chi connectivity index (χ0v) is 17.6. The van der Waals surface area contributed by atoms with Gasteiger partial charge in [0.25, 0.3) is 0 Å². The van der Waals surface area contributed by atoms with E-state index in [1.807, 2.05) is 66.4 Å². The van der Waals surface area contributed by atoms with Crippen molar-refractivity contribution in [2.24, 2.45) is 0 Å². The van der Waals surface area contributed by atoms with Gasteiger partial charge in [-0.1, -0.05) is 30.3 Å². The van der Waals surface area contributed by atoms with Crippen LogP contribution in [0, 0.1) is 6.92 Å². The molecular formula is C23H24N2O4S. The molecule has 0 saturated carbocycles. The summed E-state index contributed by atoms with van der Waals surface area (Å²) in [6, 6.07) is 17.3. The van der Waals surface area contributed by atoms with Crippen LogP contribution < -0.4 is 4.74 Å². The first-order valence-electron chi connectivity index (χ1n) is 9.88. The van der Waals surface area contributed by atoms with Gasteiger partial charge in [-0.3, -0.25) is 9.69 Å². The Kier molecular flexibility index (Phi) is 6.40. The number of nitrogens with zero attached hydrogens (tertiary/aromatic N) is 2. The second-order valence-corrected chi connectivity index (χ2v) is 8.23. The molecule has 0 radical (unpaired) electrons. The molecule has 1 atom stereocenters. The number of carboxylic acids is 1. The molecule has 0 bridgehead atoms. The molecule has 1 aromatic heterocycles. The topological polar surface area (TPSA) is 75.8 Å². The van der Waals surface area contributed by atoms with Crippen LogP contribution in [0.5, 0.6) is 5.75 Å². The van der Waals surface area contributed by atoms with Crippen molar-refractivity contribution in [2.75, 3.05) is 18.2 Å². The van der Waals surface area contributed by atoms with Gasteiger partial charge in [0.05, 0.1) is 12.3 Å². The van der Waals surface area contributed by atoms with Crippen molar-refractivity contribution < 1.29 is 19.1 Å². The number of aromatic nitrogens is 1. The molecule has 1 aliphatic heterocycles. The van der Waals surface area contributed by atoms with Crippen molar-refractivity contribution >= 4 is 17.7 Å². The van der Waals surface area contributed by atoms with Crippen LogP contribution in [-0.4, -0.2) is 45.2 Å². The molecule has 1 aliphatic rings. The van der Waals surface area contributed by atoms with Gasteiger partial charge in [-0.2, -0.15) is 0 Å². The summed E-state index contributed by atoms with van der Waals surface area (Å²) in [5.74, 6) is 2.87. The smallest absolute Gasteiger partial charge is 0.321 e. The van der Waals surface area contributed by atoms with Crippen molar-refractivity contribution in [1.82, 2.24) is 9.88 Å². The number of aryl methyl sites for hydroxylation is 1. The molecule has 0 aliphatic carbocycles. The third-order valence-electron chi connectivity index (χ3n) is 5.09. The van der Waals surface area contributed by atoms with Crippen molar-refractivity contribution in [3.05, 3.63) is 71.6 Å². The maximum atomic E-state index is 11.3. The van der Waals surface area contributed by atoms with Gasteiger partial charge >= 0.3 is 5.97 Å². The summed E-state index contributed by atoms with van der Waals surface area (Å²) < 4.78 is 11.7. The van der Waals surface area contributed by atoms with Crippen molar-refractivity contribution in [1.29, 1.82) is 0 Å². The average Bonchev–Trinajstić information content (AvgIpc) is 3.37. The van der Waals surface area contributed by atoms with Gasteiger partial charge in [-0.15, -0.1) is 11.8 Å². The monoisotopic (exact) mass is 424 g/mol. The Morgan fingerprint density at radius 1 is 1.23 bits per heavy atom. The predicted molar refractivity (Wildman–Crippen MR) is 117 cm³/mol. The van der Waals surface area contributed by atoms with E-state index in [0.29, 0.717) is 31.2 Å². The standard InChI is InChI=1S/C23H24N2O4S/c1-16-20(24-22(29-16)18-5-3-2-4-6-18)11-12-28-19-9-7-17(8-10-19)13-25-15-30-14-21(25)23(26)27/h2-10,21H,11-15H2,1H3,(H,26,27)/t21-/m0/s1. The highest BCUT2D eigenvalue weighted by Gasteiger charge is 2.30. The lowest BCUT2D eigenvalue weighted by atomic mass is 10.2. The van der Waals surface area contributed by atoms with Crippen LogP contribution in [0.1, 0.15) is 17.0 Å². The fourth-order valence-electron chi connectivity index (χ4n) is 3.42. The van der Waals surface area contributed by atoms with E-state index in [-0.39, 0.29) is 0 Å². The third kappa shape index (κ3) is 4.86. The van der Waals surface area contributed by atoms with Crippen LogP contribution in [0.4, 0.5) is 0 Å². The van der Waals surface area contributed by atoms with E-state index in [0.717, 1.165) is 34.2 Å². The number of hydrogen-bond acceptors (Lipinski definition) is 6. The number of carboxylic acid groups (broad SMARTS) is 1. The maximum Gasteiger partial charge on any atom is 0.321 e. The van der Waals surface area contributed by atoms with Crippen LogP contribution in [0.2, 0.25) is 0 Å². The van der Waals surface area contributed by atoms with E-state index in [2.05, 4.69) is 4.98 Å². The Hall–Kier alpha value is -2.77. The molecule has 156 valence electrons. The molecule has 30 heavy (non-hydrogen) atoms. The zero-order valence-electron chi connectivity index (χ0n) is 16.8. The third-order valence-corrected chi connectivity index (χ3v) is 6.15. The summed E-state index contributed by atoms with van der Waals surface area (Å²) in [7, 11) is 0.